The molecule has 3 atom stereocenters. The molecule has 2 N–H and O–H groups in total. The molecule has 1 aliphatic heterocycles. The second-order valence-corrected chi connectivity index (χ2v) is 8.04. The van der Waals surface area contributed by atoms with Gasteiger partial charge in [-0.25, -0.2) is 19.4 Å². The highest BCUT2D eigenvalue weighted by molar-refractivity contribution is 5.90. The quantitative estimate of drug-likeness (QED) is 0.545. The average Bonchev–Trinajstić information content (AvgIpc) is 3.20. The highest BCUT2D eigenvalue weighted by Crippen LogP contribution is 2.31. The molecular weight excluding hydrogens is 440 g/mol. The summed E-state index contributed by atoms with van der Waals surface area (Å²) >= 11 is 0. The normalized spacial score (nSPS) is 19.5. The number of hydrogen-bond acceptors (Lipinski definition) is 9. The average molecular weight is 464 g/mol. The first-order valence-electron chi connectivity index (χ1n) is 10.7. The summed E-state index contributed by atoms with van der Waals surface area (Å²) in [5.74, 6) is -1.25. The van der Waals surface area contributed by atoms with E-state index >= 15 is 0 Å². The van der Waals surface area contributed by atoms with Crippen LogP contribution in [0.3, 0.4) is 0 Å². The minimum atomic E-state index is -0.827. The van der Waals surface area contributed by atoms with E-state index < -0.39 is 36.1 Å². The molecule has 1 aliphatic rings. The molecule has 1 unspecified atom stereocenters. The molecule has 1 aromatic heterocycles. The van der Waals surface area contributed by atoms with E-state index in [9.17, 15) is 14.4 Å². The Hall–Kier alpha value is -4.05. The van der Waals surface area contributed by atoms with Crippen LogP contribution < -0.4 is 11.4 Å². The van der Waals surface area contributed by atoms with E-state index in [2.05, 4.69) is 9.97 Å². The molecule has 10 nitrogen and oxygen atoms in total. The van der Waals surface area contributed by atoms with Crippen LogP contribution in [0, 0.1) is 13.8 Å². The van der Waals surface area contributed by atoms with Crippen LogP contribution in [0.15, 0.2) is 59.7 Å². The molecule has 0 aliphatic carbocycles. The first kappa shape index (κ1) is 23.1. The largest absolute Gasteiger partial charge is 0.459 e. The number of rotatable bonds is 6. The predicted molar refractivity (Wildman–Crippen MR) is 121 cm³/mol. The Bertz CT molecular complexity index is 1240. The van der Waals surface area contributed by atoms with Gasteiger partial charge < -0.3 is 19.9 Å². The Balaban J connectivity index is 1.50. The van der Waals surface area contributed by atoms with Crippen molar-refractivity contribution in [2.75, 3.05) is 12.3 Å². The first-order chi connectivity index (χ1) is 16.3. The number of esters is 2. The fraction of sp³-hybridized carbons (Fsp3) is 0.292. The Kier molecular flexibility index (Phi) is 6.69. The number of anilines is 1. The van der Waals surface area contributed by atoms with Gasteiger partial charge >= 0.3 is 17.6 Å². The Morgan fingerprint density at radius 3 is 2.21 bits per heavy atom. The highest BCUT2D eigenvalue weighted by Gasteiger charge is 2.40. The van der Waals surface area contributed by atoms with Crippen molar-refractivity contribution in [1.82, 2.24) is 14.5 Å². The SMILES string of the molecule is Cc1ccc(C(=O)OC[C@H]2O[C@@H](n3cnc(N)nc3=O)CC2OC(=O)c2ccc(C)cc2)cc1. The molecule has 3 aromatic rings. The Morgan fingerprint density at radius 1 is 1.03 bits per heavy atom. The molecule has 0 spiro atoms. The summed E-state index contributed by atoms with van der Waals surface area (Å²) in [4.78, 5) is 44.9. The summed E-state index contributed by atoms with van der Waals surface area (Å²) in [5.41, 5.74) is 7.58. The maximum Gasteiger partial charge on any atom is 0.354 e. The molecular formula is C24H24N4O6. The molecule has 34 heavy (non-hydrogen) atoms. The van der Waals surface area contributed by atoms with Crippen LogP contribution in [0.4, 0.5) is 5.95 Å². The maximum atomic E-state index is 12.7. The Labute approximate surface area is 195 Å². The van der Waals surface area contributed by atoms with E-state index in [1.54, 1.807) is 48.5 Å². The summed E-state index contributed by atoms with van der Waals surface area (Å²) < 4.78 is 18.2. The number of aryl methyl sites for hydroxylation is 2. The number of benzene rings is 2. The fourth-order valence-corrected chi connectivity index (χ4v) is 3.52. The zero-order valence-electron chi connectivity index (χ0n) is 18.7. The monoisotopic (exact) mass is 464 g/mol. The highest BCUT2D eigenvalue weighted by atomic mass is 16.6. The van der Waals surface area contributed by atoms with Gasteiger partial charge in [-0.05, 0) is 38.1 Å². The molecule has 4 rings (SSSR count). The van der Waals surface area contributed by atoms with Gasteiger partial charge in [0.25, 0.3) is 0 Å². The molecule has 1 saturated heterocycles. The van der Waals surface area contributed by atoms with Crippen LogP contribution in [0.2, 0.25) is 0 Å². The van der Waals surface area contributed by atoms with Crippen LogP contribution in [-0.4, -0.2) is 45.3 Å². The van der Waals surface area contributed by atoms with Crippen LogP contribution in [0.1, 0.15) is 44.5 Å². The fourth-order valence-electron chi connectivity index (χ4n) is 3.52. The number of nitrogen functional groups attached to an aromatic ring is 1. The van der Waals surface area contributed by atoms with E-state index in [-0.39, 0.29) is 19.0 Å². The molecule has 2 aromatic carbocycles. The van der Waals surface area contributed by atoms with E-state index in [4.69, 9.17) is 19.9 Å². The van der Waals surface area contributed by atoms with E-state index in [1.807, 2.05) is 13.8 Å². The van der Waals surface area contributed by atoms with E-state index in [0.29, 0.717) is 11.1 Å². The maximum absolute atomic E-state index is 12.7. The third kappa shape index (κ3) is 5.29. The second-order valence-electron chi connectivity index (χ2n) is 8.04. The minimum Gasteiger partial charge on any atom is -0.459 e. The van der Waals surface area contributed by atoms with Crippen molar-refractivity contribution < 1.29 is 23.8 Å². The second kappa shape index (κ2) is 9.84. The van der Waals surface area contributed by atoms with Crippen molar-refractivity contribution in [1.29, 1.82) is 0 Å². The topological polar surface area (TPSA) is 136 Å². The number of carbonyl (C=O) groups is 2. The number of carbonyl (C=O) groups excluding carboxylic acids is 2. The summed E-state index contributed by atoms with van der Waals surface area (Å²) in [6.07, 6.45) is -1.06. The van der Waals surface area contributed by atoms with Crippen molar-refractivity contribution in [3.05, 3.63) is 87.6 Å². The van der Waals surface area contributed by atoms with Crippen molar-refractivity contribution >= 4 is 17.9 Å². The van der Waals surface area contributed by atoms with Gasteiger partial charge in [0.15, 0.2) is 0 Å². The lowest BCUT2D eigenvalue weighted by molar-refractivity contribution is -0.0584. The van der Waals surface area contributed by atoms with E-state index in [0.717, 1.165) is 15.7 Å². The van der Waals surface area contributed by atoms with E-state index in [1.165, 1.54) is 6.33 Å². The van der Waals surface area contributed by atoms with Crippen molar-refractivity contribution in [2.24, 2.45) is 0 Å². The number of nitrogens with two attached hydrogens (primary N) is 1. The van der Waals surface area contributed by atoms with Gasteiger partial charge in [0.05, 0.1) is 11.1 Å². The van der Waals surface area contributed by atoms with Gasteiger partial charge in [0.1, 0.15) is 31.4 Å². The Morgan fingerprint density at radius 2 is 1.62 bits per heavy atom. The number of aromatic nitrogens is 3. The zero-order chi connectivity index (χ0) is 24.2. The zero-order valence-corrected chi connectivity index (χ0v) is 18.7. The molecule has 1 fully saturated rings. The lowest BCUT2D eigenvalue weighted by Crippen LogP contribution is -2.32. The lowest BCUT2D eigenvalue weighted by atomic mass is 10.1. The predicted octanol–water partition coefficient (Wildman–Crippen LogP) is 2.21. The van der Waals surface area contributed by atoms with Crippen LogP contribution in [0.5, 0.6) is 0 Å². The molecule has 2 heterocycles. The molecule has 0 bridgehead atoms. The van der Waals surface area contributed by atoms with Gasteiger partial charge in [-0.1, -0.05) is 35.4 Å². The van der Waals surface area contributed by atoms with Crippen molar-refractivity contribution in [3.8, 4) is 0 Å². The smallest absolute Gasteiger partial charge is 0.354 e. The van der Waals surface area contributed by atoms with Gasteiger partial charge in [-0.15, -0.1) is 0 Å². The van der Waals surface area contributed by atoms with Crippen molar-refractivity contribution in [3.63, 3.8) is 0 Å². The minimum absolute atomic E-state index is 0.136. The lowest BCUT2D eigenvalue weighted by Gasteiger charge is -2.19. The standard InChI is InChI=1S/C24H24N4O6/c1-14-3-7-16(8-4-14)21(29)32-12-19-18(34-22(30)17-9-5-15(2)6-10-17)11-20(33-19)28-13-26-23(25)27-24(28)31/h3-10,13,18-20H,11-12H2,1-2H3,(H2,25,27,31)/t18?,19-,20-/m1/s1. The molecule has 176 valence electrons. The third-order valence-electron chi connectivity index (χ3n) is 5.45. The molecule has 0 radical (unpaired) electrons. The van der Waals surface area contributed by atoms with Gasteiger partial charge in [-0.2, -0.15) is 4.98 Å². The number of hydrogen-bond donors (Lipinski definition) is 1. The summed E-state index contributed by atoms with van der Waals surface area (Å²) in [6, 6.07) is 13.9. The summed E-state index contributed by atoms with van der Waals surface area (Å²) in [6.45, 7) is 3.65. The molecule has 0 saturated carbocycles. The van der Waals surface area contributed by atoms with Crippen LogP contribution in [0.25, 0.3) is 0 Å². The third-order valence-corrected chi connectivity index (χ3v) is 5.45. The van der Waals surface area contributed by atoms with Crippen molar-refractivity contribution in [2.45, 2.75) is 38.7 Å². The molecule has 10 heteroatoms. The molecule has 0 amide bonds. The van der Waals surface area contributed by atoms with Crippen LogP contribution in [-0.2, 0) is 14.2 Å². The van der Waals surface area contributed by atoms with Gasteiger partial charge in [-0.3, -0.25) is 4.57 Å². The van der Waals surface area contributed by atoms with Crippen LogP contribution >= 0.6 is 0 Å². The summed E-state index contributed by atoms with van der Waals surface area (Å²) in [7, 11) is 0. The van der Waals surface area contributed by atoms with Gasteiger partial charge in [0.2, 0.25) is 5.95 Å². The first-order valence-corrected chi connectivity index (χ1v) is 10.7. The number of ether oxygens (including phenoxy) is 3. The summed E-state index contributed by atoms with van der Waals surface area (Å²) in [5, 5.41) is 0. The van der Waals surface area contributed by atoms with Gasteiger partial charge in [0, 0.05) is 6.42 Å². The number of nitrogens with zero attached hydrogens (tertiary/aromatic N) is 3.